The highest BCUT2D eigenvalue weighted by Crippen LogP contribution is 2.21. The zero-order valence-corrected chi connectivity index (χ0v) is 17.9. The minimum absolute atomic E-state index is 0.119. The molecule has 1 rings (SSSR count). The number of nitrogens with zero attached hydrogens (tertiary/aromatic N) is 1. The maximum absolute atomic E-state index is 5.95. The molecule has 154 valence electrons. The lowest BCUT2D eigenvalue weighted by atomic mass is 10.1. The van der Waals surface area contributed by atoms with Gasteiger partial charge in [0, 0.05) is 50.9 Å². The number of hydrogen-bond donors (Lipinski definition) is 3. The van der Waals surface area contributed by atoms with Crippen LogP contribution in [0.4, 0.5) is 0 Å². The van der Waals surface area contributed by atoms with Crippen LogP contribution in [0.15, 0.2) is 23.2 Å². The molecule has 0 saturated carbocycles. The van der Waals surface area contributed by atoms with Gasteiger partial charge < -0.3 is 25.4 Å². The average molecular weight is 379 g/mol. The average Bonchev–Trinajstić information content (AvgIpc) is 2.60. The Hall–Kier alpha value is -1.79. The highest BCUT2D eigenvalue weighted by atomic mass is 16.5. The summed E-state index contributed by atoms with van der Waals surface area (Å²) in [5.74, 6) is 1.72. The standard InChI is InChI=1S/C21H38N4O2/c1-7-22-20(23-11-12-25-21(3,4)5)24-16-18-10-9-17(2)15-19(18)27-14-8-13-26-6/h9-10,15,25H,7-8,11-14,16H2,1-6H3,(H2,22,23,24). The number of methoxy groups -OCH3 is 1. The molecule has 1 aromatic carbocycles. The van der Waals surface area contributed by atoms with Crippen molar-refractivity contribution in [3.05, 3.63) is 29.3 Å². The van der Waals surface area contributed by atoms with Gasteiger partial charge in [-0.15, -0.1) is 0 Å². The molecule has 0 fully saturated rings. The fourth-order valence-electron chi connectivity index (χ4n) is 2.44. The van der Waals surface area contributed by atoms with Crippen molar-refractivity contribution < 1.29 is 9.47 Å². The molecule has 0 unspecified atom stereocenters. The number of nitrogens with one attached hydrogen (secondary N) is 3. The van der Waals surface area contributed by atoms with Crippen molar-refractivity contribution in [1.29, 1.82) is 0 Å². The molecule has 3 N–H and O–H groups in total. The first kappa shape index (κ1) is 23.2. The Balaban J connectivity index is 2.65. The van der Waals surface area contributed by atoms with Gasteiger partial charge >= 0.3 is 0 Å². The van der Waals surface area contributed by atoms with E-state index in [1.165, 1.54) is 5.56 Å². The number of aliphatic imine (C=N–C) groups is 1. The third-order valence-corrected chi connectivity index (χ3v) is 3.80. The van der Waals surface area contributed by atoms with Crippen LogP contribution in [0.3, 0.4) is 0 Å². The predicted octanol–water partition coefficient (Wildman–Crippen LogP) is 2.85. The van der Waals surface area contributed by atoms with E-state index < -0.39 is 0 Å². The summed E-state index contributed by atoms with van der Waals surface area (Å²) in [5.41, 5.74) is 2.39. The molecule has 0 aromatic heterocycles. The summed E-state index contributed by atoms with van der Waals surface area (Å²) in [6.07, 6.45) is 0.873. The van der Waals surface area contributed by atoms with Gasteiger partial charge in [0.1, 0.15) is 5.75 Å². The van der Waals surface area contributed by atoms with Crippen LogP contribution >= 0.6 is 0 Å². The zero-order chi connectivity index (χ0) is 20.1. The van der Waals surface area contributed by atoms with Gasteiger partial charge in [-0.25, -0.2) is 4.99 Å². The first-order valence-corrected chi connectivity index (χ1v) is 9.84. The molecule has 1 aromatic rings. The Morgan fingerprint density at radius 3 is 2.56 bits per heavy atom. The molecule has 0 heterocycles. The fourth-order valence-corrected chi connectivity index (χ4v) is 2.44. The van der Waals surface area contributed by atoms with Crippen LogP contribution in [0.25, 0.3) is 0 Å². The molecular weight excluding hydrogens is 340 g/mol. The first-order chi connectivity index (χ1) is 12.9. The maximum Gasteiger partial charge on any atom is 0.191 e. The van der Waals surface area contributed by atoms with Gasteiger partial charge in [0.2, 0.25) is 0 Å². The third-order valence-electron chi connectivity index (χ3n) is 3.80. The Morgan fingerprint density at radius 2 is 1.89 bits per heavy atom. The summed E-state index contributed by atoms with van der Waals surface area (Å²) >= 11 is 0. The second-order valence-corrected chi connectivity index (χ2v) is 7.60. The number of guanidine groups is 1. The molecule has 0 aliphatic carbocycles. The molecule has 6 heteroatoms. The third kappa shape index (κ3) is 10.8. The first-order valence-electron chi connectivity index (χ1n) is 9.84. The molecule has 0 aliphatic heterocycles. The van der Waals surface area contributed by atoms with Crippen LogP contribution < -0.4 is 20.7 Å². The van der Waals surface area contributed by atoms with E-state index in [-0.39, 0.29) is 5.54 Å². The zero-order valence-electron chi connectivity index (χ0n) is 17.9. The number of ether oxygens (including phenoxy) is 2. The lowest BCUT2D eigenvalue weighted by molar-refractivity contribution is 0.172. The summed E-state index contributed by atoms with van der Waals surface area (Å²) in [7, 11) is 1.71. The minimum atomic E-state index is 0.119. The van der Waals surface area contributed by atoms with Gasteiger partial charge in [-0.05, 0) is 46.2 Å². The lowest BCUT2D eigenvalue weighted by Crippen LogP contribution is -2.44. The van der Waals surface area contributed by atoms with E-state index in [2.05, 4.69) is 68.8 Å². The molecule has 6 nitrogen and oxygen atoms in total. The minimum Gasteiger partial charge on any atom is -0.493 e. The molecule has 27 heavy (non-hydrogen) atoms. The fraction of sp³-hybridized carbons (Fsp3) is 0.667. The van der Waals surface area contributed by atoms with E-state index in [4.69, 9.17) is 14.5 Å². The van der Waals surface area contributed by atoms with Gasteiger partial charge in [-0.3, -0.25) is 0 Å². The predicted molar refractivity (Wildman–Crippen MR) is 114 cm³/mol. The van der Waals surface area contributed by atoms with Crippen molar-refractivity contribution in [2.24, 2.45) is 4.99 Å². The summed E-state index contributed by atoms with van der Waals surface area (Å²) in [5, 5.41) is 10.1. The molecule has 0 atom stereocenters. The van der Waals surface area contributed by atoms with Gasteiger partial charge in [0.25, 0.3) is 0 Å². The van der Waals surface area contributed by atoms with Crippen LogP contribution in [-0.4, -0.2) is 51.5 Å². The lowest BCUT2D eigenvalue weighted by Gasteiger charge is -2.21. The molecule has 0 amide bonds. The SMILES string of the molecule is CCNC(=NCc1ccc(C)cc1OCCCOC)NCCNC(C)(C)C. The molecular formula is C21H38N4O2. The van der Waals surface area contributed by atoms with Gasteiger partial charge in [-0.2, -0.15) is 0 Å². The molecule has 0 aliphatic rings. The van der Waals surface area contributed by atoms with E-state index in [0.717, 1.165) is 43.3 Å². The highest BCUT2D eigenvalue weighted by molar-refractivity contribution is 5.79. The topological polar surface area (TPSA) is 66.9 Å². The second-order valence-electron chi connectivity index (χ2n) is 7.60. The van der Waals surface area contributed by atoms with E-state index in [0.29, 0.717) is 19.8 Å². The Kier molecular flexibility index (Phi) is 10.8. The van der Waals surface area contributed by atoms with Crippen molar-refractivity contribution in [1.82, 2.24) is 16.0 Å². The van der Waals surface area contributed by atoms with Crippen molar-refractivity contribution >= 4 is 5.96 Å². The number of rotatable bonds is 11. The Bertz CT molecular complexity index is 568. The van der Waals surface area contributed by atoms with Crippen LogP contribution in [0.5, 0.6) is 5.75 Å². The summed E-state index contributed by atoms with van der Waals surface area (Å²) in [6, 6.07) is 6.26. The van der Waals surface area contributed by atoms with E-state index in [1.54, 1.807) is 7.11 Å². The van der Waals surface area contributed by atoms with Crippen LogP contribution in [0.2, 0.25) is 0 Å². The quantitative estimate of drug-likeness (QED) is 0.314. The van der Waals surface area contributed by atoms with Crippen LogP contribution in [0, 0.1) is 6.92 Å². The highest BCUT2D eigenvalue weighted by Gasteiger charge is 2.08. The van der Waals surface area contributed by atoms with Crippen LogP contribution in [-0.2, 0) is 11.3 Å². The van der Waals surface area contributed by atoms with Crippen molar-refractivity contribution in [3.63, 3.8) is 0 Å². The van der Waals surface area contributed by atoms with Gasteiger partial charge in [0.05, 0.1) is 13.2 Å². The van der Waals surface area contributed by atoms with Crippen molar-refractivity contribution in [2.75, 3.05) is 40.0 Å². The van der Waals surface area contributed by atoms with Crippen molar-refractivity contribution in [2.45, 2.75) is 53.1 Å². The summed E-state index contributed by atoms with van der Waals surface area (Å²) in [6.45, 7) is 15.1. The Labute approximate surface area is 165 Å². The van der Waals surface area contributed by atoms with Gasteiger partial charge in [0.15, 0.2) is 5.96 Å². The van der Waals surface area contributed by atoms with E-state index in [9.17, 15) is 0 Å². The van der Waals surface area contributed by atoms with Crippen molar-refractivity contribution in [3.8, 4) is 5.75 Å². The normalized spacial score (nSPS) is 12.1. The molecule has 0 saturated heterocycles. The molecule has 0 spiro atoms. The van der Waals surface area contributed by atoms with Gasteiger partial charge in [-0.1, -0.05) is 12.1 Å². The van der Waals surface area contributed by atoms with E-state index >= 15 is 0 Å². The number of benzene rings is 1. The largest absolute Gasteiger partial charge is 0.493 e. The van der Waals surface area contributed by atoms with Crippen LogP contribution in [0.1, 0.15) is 45.2 Å². The number of hydrogen-bond acceptors (Lipinski definition) is 4. The molecule has 0 bridgehead atoms. The van der Waals surface area contributed by atoms with E-state index in [1.807, 2.05) is 0 Å². The second kappa shape index (κ2) is 12.6. The number of aryl methyl sites for hydroxylation is 1. The summed E-state index contributed by atoms with van der Waals surface area (Å²) < 4.78 is 11.0. The smallest absolute Gasteiger partial charge is 0.191 e. The monoisotopic (exact) mass is 378 g/mol. The summed E-state index contributed by atoms with van der Waals surface area (Å²) in [4.78, 5) is 4.71. The maximum atomic E-state index is 5.95. The molecule has 0 radical (unpaired) electrons. The Morgan fingerprint density at radius 1 is 1.11 bits per heavy atom.